The number of rotatable bonds is 5. The summed E-state index contributed by atoms with van der Waals surface area (Å²) in [7, 11) is 0. The summed E-state index contributed by atoms with van der Waals surface area (Å²) in [6.45, 7) is 0. The van der Waals surface area contributed by atoms with Gasteiger partial charge in [0.05, 0.1) is 24.1 Å². The Kier molecular flexibility index (Phi) is 5.98. The van der Waals surface area contributed by atoms with Crippen molar-refractivity contribution in [1.82, 2.24) is 19.5 Å². The van der Waals surface area contributed by atoms with Crippen LogP contribution in [0.4, 0.5) is 17.5 Å². The van der Waals surface area contributed by atoms with E-state index in [-0.39, 0.29) is 12.1 Å². The topological polar surface area (TPSA) is 112 Å². The predicted octanol–water partition coefficient (Wildman–Crippen LogP) is 5.03. The Balaban J connectivity index is 1.52. The molecular weight excluding hydrogens is 470 g/mol. The van der Waals surface area contributed by atoms with Crippen molar-refractivity contribution in [2.75, 3.05) is 10.6 Å². The van der Waals surface area contributed by atoms with Gasteiger partial charge in [-0.25, -0.2) is 4.98 Å². The van der Waals surface area contributed by atoms with Crippen molar-refractivity contribution in [2.24, 2.45) is 0 Å². The number of aromatic nitrogens is 4. The van der Waals surface area contributed by atoms with Gasteiger partial charge in [-0.2, -0.15) is 15.2 Å². The van der Waals surface area contributed by atoms with Crippen LogP contribution in [-0.4, -0.2) is 36.8 Å². The van der Waals surface area contributed by atoms with Crippen LogP contribution in [0.25, 0.3) is 11.2 Å². The number of halogens is 1. The van der Waals surface area contributed by atoms with Gasteiger partial charge < -0.3 is 20.3 Å². The standard InChI is InChI=1S/C23H26BrN7O/c24-15-9-14(12-25)10-17(11-15)27-21-20-22(31(13-26-20)18-3-1-2-4-18)30-23(29-21)28-16-5-7-19(32)8-6-16/h9-11,13,16,18-19,32H,1-8H2,(H2,27,28,29,30). The molecule has 2 aromatic heterocycles. The molecule has 3 aromatic rings. The van der Waals surface area contributed by atoms with E-state index in [1.807, 2.05) is 12.4 Å². The predicted molar refractivity (Wildman–Crippen MR) is 127 cm³/mol. The summed E-state index contributed by atoms with van der Waals surface area (Å²) in [6, 6.07) is 8.32. The van der Waals surface area contributed by atoms with Crippen molar-refractivity contribution >= 4 is 44.5 Å². The highest BCUT2D eigenvalue weighted by molar-refractivity contribution is 9.10. The molecule has 0 spiro atoms. The van der Waals surface area contributed by atoms with Gasteiger partial charge in [-0.1, -0.05) is 28.8 Å². The number of nitriles is 1. The van der Waals surface area contributed by atoms with Gasteiger partial charge in [-0.05, 0) is 56.7 Å². The van der Waals surface area contributed by atoms with Gasteiger partial charge in [0, 0.05) is 22.2 Å². The smallest absolute Gasteiger partial charge is 0.227 e. The Morgan fingerprint density at radius 1 is 1.06 bits per heavy atom. The Morgan fingerprint density at radius 2 is 1.84 bits per heavy atom. The van der Waals surface area contributed by atoms with Crippen LogP contribution in [0.15, 0.2) is 29.0 Å². The fourth-order valence-corrected chi connectivity index (χ4v) is 5.28. The van der Waals surface area contributed by atoms with Crippen LogP contribution in [0.1, 0.15) is 63.0 Å². The first-order chi connectivity index (χ1) is 15.6. The lowest BCUT2D eigenvalue weighted by molar-refractivity contribution is 0.126. The molecule has 2 aliphatic carbocycles. The number of benzene rings is 1. The van der Waals surface area contributed by atoms with Crippen molar-refractivity contribution in [2.45, 2.75) is 69.6 Å². The Hall–Kier alpha value is -2.70. The lowest BCUT2D eigenvalue weighted by atomic mass is 9.93. The molecule has 0 radical (unpaired) electrons. The van der Waals surface area contributed by atoms with E-state index in [2.05, 4.69) is 42.2 Å². The summed E-state index contributed by atoms with van der Waals surface area (Å²) >= 11 is 3.47. The highest BCUT2D eigenvalue weighted by Crippen LogP contribution is 2.34. The second kappa shape index (κ2) is 9.04. The lowest BCUT2D eigenvalue weighted by Gasteiger charge is -2.26. The molecule has 3 N–H and O–H groups in total. The summed E-state index contributed by atoms with van der Waals surface area (Å²) < 4.78 is 3.01. The number of anilines is 3. The fraction of sp³-hybridized carbons (Fsp3) is 0.478. The summed E-state index contributed by atoms with van der Waals surface area (Å²) in [5.41, 5.74) is 2.86. The number of aliphatic hydroxyl groups is 1. The van der Waals surface area contributed by atoms with Crippen LogP contribution in [0.5, 0.6) is 0 Å². The van der Waals surface area contributed by atoms with E-state index >= 15 is 0 Å². The van der Waals surface area contributed by atoms with Crippen molar-refractivity contribution < 1.29 is 5.11 Å². The molecule has 0 amide bonds. The largest absolute Gasteiger partial charge is 0.393 e. The average molecular weight is 496 g/mol. The molecule has 32 heavy (non-hydrogen) atoms. The maximum absolute atomic E-state index is 9.83. The lowest BCUT2D eigenvalue weighted by Crippen LogP contribution is -2.29. The number of hydrogen-bond acceptors (Lipinski definition) is 7. The average Bonchev–Trinajstić information content (AvgIpc) is 3.45. The fourth-order valence-electron chi connectivity index (χ4n) is 4.78. The molecule has 0 bridgehead atoms. The van der Waals surface area contributed by atoms with E-state index in [0.717, 1.165) is 59.8 Å². The van der Waals surface area contributed by atoms with Crippen LogP contribution >= 0.6 is 15.9 Å². The molecule has 2 aliphatic rings. The number of hydrogen-bond donors (Lipinski definition) is 3. The molecule has 9 heteroatoms. The van der Waals surface area contributed by atoms with Gasteiger partial charge in [-0.15, -0.1) is 0 Å². The molecule has 8 nitrogen and oxygen atoms in total. The van der Waals surface area contributed by atoms with E-state index < -0.39 is 0 Å². The molecule has 5 rings (SSSR count). The second-order valence-electron chi connectivity index (χ2n) is 8.77. The van der Waals surface area contributed by atoms with E-state index in [4.69, 9.17) is 9.97 Å². The number of nitrogens with zero attached hydrogens (tertiary/aromatic N) is 5. The Morgan fingerprint density at radius 3 is 2.59 bits per heavy atom. The summed E-state index contributed by atoms with van der Waals surface area (Å²) in [6.07, 6.45) is 9.77. The van der Waals surface area contributed by atoms with Gasteiger partial charge in [0.2, 0.25) is 5.95 Å². The van der Waals surface area contributed by atoms with Crippen molar-refractivity contribution in [3.8, 4) is 6.07 Å². The minimum atomic E-state index is -0.205. The number of aliphatic hydroxyl groups excluding tert-OH is 1. The maximum atomic E-state index is 9.83. The Bertz CT molecular complexity index is 1160. The van der Waals surface area contributed by atoms with E-state index in [1.54, 1.807) is 12.1 Å². The van der Waals surface area contributed by atoms with Gasteiger partial charge in [0.15, 0.2) is 17.0 Å². The molecule has 1 aromatic carbocycles. The molecular formula is C23H26BrN7O. The van der Waals surface area contributed by atoms with E-state index in [9.17, 15) is 10.4 Å². The van der Waals surface area contributed by atoms with Crippen LogP contribution in [0.2, 0.25) is 0 Å². The third-order valence-electron chi connectivity index (χ3n) is 6.46. The molecule has 2 saturated carbocycles. The van der Waals surface area contributed by atoms with Crippen molar-refractivity contribution in [3.63, 3.8) is 0 Å². The van der Waals surface area contributed by atoms with E-state index in [1.165, 1.54) is 12.8 Å². The monoisotopic (exact) mass is 495 g/mol. The summed E-state index contributed by atoms with van der Waals surface area (Å²) in [4.78, 5) is 14.3. The quantitative estimate of drug-likeness (QED) is 0.454. The second-order valence-corrected chi connectivity index (χ2v) is 9.69. The number of imidazole rings is 1. The molecule has 0 atom stereocenters. The van der Waals surface area contributed by atoms with Crippen molar-refractivity contribution in [3.05, 3.63) is 34.6 Å². The number of fused-ring (bicyclic) bond motifs is 1. The first kappa shape index (κ1) is 21.2. The van der Waals surface area contributed by atoms with Crippen LogP contribution in [0, 0.1) is 11.3 Å². The van der Waals surface area contributed by atoms with Gasteiger partial charge in [-0.3, -0.25) is 0 Å². The zero-order valence-corrected chi connectivity index (χ0v) is 19.3. The van der Waals surface area contributed by atoms with Crippen LogP contribution in [0.3, 0.4) is 0 Å². The highest BCUT2D eigenvalue weighted by atomic mass is 79.9. The third kappa shape index (κ3) is 4.43. The maximum Gasteiger partial charge on any atom is 0.227 e. The third-order valence-corrected chi connectivity index (χ3v) is 6.92. The molecule has 2 heterocycles. The molecule has 0 saturated heterocycles. The zero-order chi connectivity index (χ0) is 22.1. The molecule has 166 valence electrons. The van der Waals surface area contributed by atoms with E-state index in [0.29, 0.717) is 23.4 Å². The molecule has 2 fully saturated rings. The SMILES string of the molecule is N#Cc1cc(Br)cc(Nc2nc(NC3CCC(O)CC3)nc3c2ncn3C2CCCC2)c1. The van der Waals surface area contributed by atoms with Crippen LogP contribution < -0.4 is 10.6 Å². The molecule has 0 unspecified atom stereocenters. The highest BCUT2D eigenvalue weighted by Gasteiger charge is 2.24. The molecule has 0 aliphatic heterocycles. The van der Waals surface area contributed by atoms with Crippen molar-refractivity contribution in [1.29, 1.82) is 5.26 Å². The minimum Gasteiger partial charge on any atom is -0.393 e. The first-order valence-electron chi connectivity index (χ1n) is 11.3. The summed E-state index contributed by atoms with van der Waals surface area (Å²) in [5, 5.41) is 26.0. The first-order valence-corrected chi connectivity index (χ1v) is 12.1. The van der Waals surface area contributed by atoms with Gasteiger partial charge in [0.1, 0.15) is 0 Å². The Labute approximate surface area is 195 Å². The normalized spacial score (nSPS) is 21.5. The minimum absolute atomic E-state index is 0.205. The number of nitrogens with one attached hydrogen (secondary N) is 2. The van der Waals surface area contributed by atoms with Gasteiger partial charge >= 0.3 is 0 Å². The summed E-state index contributed by atoms with van der Waals surface area (Å²) in [5.74, 6) is 1.18. The van der Waals surface area contributed by atoms with Gasteiger partial charge in [0.25, 0.3) is 0 Å². The van der Waals surface area contributed by atoms with Crippen LogP contribution in [-0.2, 0) is 0 Å². The zero-order valence-electron chi connectivity index (χ0n) is 17.8.